The molecule has 1 atom stereocenters. The van der Waals surface area contributed by atoms with E-state index in [0.717, 1.165) is 28.1 Å². The number of nitrogens with zero attached hydrogens (tertiary/aromatic N) is 2. The van der Waals surface area contributed by atoms with Gasteiger partial charge < -0.3 is 0 Å². The van der Waals surface area contributed by atoms with Gasteiger partial charge in [-0.3, -0.25) is 19.3 Å². The molecule has 0 aliphatic carbocycles. The van der Waals surface area contributed by atoms with Crippen LogP contribution in [0.5, 0.6) is 0 Å². The van der Waals surface area contributed by atoms with Crippen LogP contribution in [0, 0.1) is 5.82 Å². The van der Waals surface area contributed by atoms with E-state index in [1.807, 2.05) is 18.2 Å². The Kier molecular flexibility index (Phi) is 7.20. The number of ketones is 1. The minimum Gasteiger partial charge on any atom is -0.294 e. The molecule has 0 saturated carbocycles. The summed E-state index contributed by atoms with van der Waals surface area (Å²) in [5.41, 5.74) is 3.39. The molecule has 2 N–H and O–H groups in total. The Balaban J connectivity index is 1.64. The summed E-state index contributed by atoms with van der Waals surface area (Å²) in [6.45, 7) is 0.246. The fraction of sp³-hybridized carbons (Fsp3) is 0.125. The Morgan fingerprint density at radius 3 is 2.73 bits per heavy atom. The zero-order valence-electron chi connectivity index (χ0n) is 17.3. The van der Waals surface area contributed by atoms with E-state index in [9.17, 15) is 13.4 Å². The standard InChI is InChI=1S/C24H19ClFN3O3S/c25-23-15(3-2-8-29-33(31)32)11-20(26)12-21(23)24(30)16-5-6-22-18(9-16)10-19(14-28-22)17-4-1-7-27-13-17/h1,4-7,9-14,29H,2-3,8H2,(H,31,32). The van der Waals surface area contributed by atoms with Crippen molar-refractivity contribution < 1.29 is 17.9 Å². The first-order chi connectivity index (χ1) is 15.9. The van der Waals surface area contributed by atoms with Gasteiger partial charge in [-0.1, -0.05) is 17.7 Å². The van der Waals surface area contributed by atoms with Crippen molar-refractivity contribution in [2.45, 2.75) is 12.8 Å². The lowest BCUT2D eigenvalue weighted by atomic mass is 9.97. The maximum absolute atomic E-state index is 14.3. The molecule has 0 aliphatic rings. The summed E-state index contributed by atoms with van der Waals surface area (Å²) in [6.07, 6.45) is 5.96. The predicted octanol–water partition coefficient (Wildman–Crippen LogP) is 4.98. The lowest BCUT2D eigenvalue weighted by Gasteiger charge is -2.11. The second kappa shape index (κ2) is 10.3. The van der Waals surface area contributed by atoms with Crippen molar-refractivity contribution in [2.75, 3.05) is 6.54 Å². The number of carbonyl (C=O) groups excluding carboxylic acids is 1. The summed E-state index contributed by atoms with van der Waals surface area (Å²) in [7, 11) is 0. The third kappa shape index (κ3) is 5.48. The fourth-order valence-electron chi connectivity index (χ4n) is 3.55. The Bertz CT molecular complexity index is 1350. The minimum atomic E-state index is -2.12. The molecule has 4 rings (SSSR count). The number of pyridine rings is 2. The average molecular weight is 484 g/mol. The molecule has 2 heterocycles. The molecule has 168 valence electrons. The minimum absolute atomic E-state index is 0.0704. The highest BCUT2D eigenvalue weighted by molar-refractivity contribution is 7.77. The molecule has 6 nitrogen and oxygen atoms in total. The lowest BCUT2D eigenvalue weighted by molar-refractivity contribution is 0.103. The smallest absolute Gasteiger partial charge is 0.231 e. The number of benzene rings is 2. The molecule has 1 unspecified atom stereocenters. The summed E-state index contributed by atoms with van der Waals surface area (Å²) >= 11 is 4.34. The SMILES string of the molecule is O=C(c1ccc2ncc(-c3cccnc3)cc2c1)c1cc(F)cc(CCCNS(=O)O)c1Cl. The number of hydrogen-bond acceptors (Lipinski definition) is 4. The third-order valence-corrected chi connectivity index (χ3v) is 6.04. The summed E-state index contributed by atoms with van der Waals surface area (Å²) in [6, 6.07) is 13.2. The molecule has 0 radical (unpaired) electrons. The first-order valence-electron chi connectivity index (χ1n) is 10.1. The Morgan fingerprint density at radius 2 is 1.97 bits per heavy atom. The van der Waals surface area contributed by atoms with Gasteiger partial charge in [0.25, 0.3) is 0 Å². The number of nitrogens with one attached hydrogen (secondary N) is 1. The van der Waals surface area contributed by atoms with Crippen LogP contribution in [-0.2, 0) is 17.7 Å². The number of hydrogen-bond donors (Lipinski definition) is 2. The molecule has 9 heteroatoms. The topological polar surface area (TPSA) is 92.2 Å². The van der Waals surface area contributed by atoms with Crippen LogP contribution in [-0.4, -0.2) is 31.1 Å². The first-order valence-corrected chi connectivity index (χ1v) is 11.6. The molecule has 0 saturated heterocycles. The van der Waals surface area contributed by atoms with E-state index in [1.165, 1.54) is 6.07 Å². The summed E-state index contributed by atoms with van der Waals surface area (Å²) in [4.78, 5) is 21.8. The molecule has 0 bridgehead atoms. The third-order valence-electron chi connectivity index (χ3n) is 5.14. The fourth-order valence-corrected chi connectivity index (χ4v) is 4.16. The molecule has 0 aliphatic heterocycles. The number of aryl methyl sites for hydroxylation is 1. The van der Waals surface area contributed by atoms with E-state index in [1.54, 1.807) is 36.8 Å². The zero-order chi connectivity index (χ0) is 23.4. The van der Waals surface area contributed by atoms with Gasteiger partial charge in [0, 0.05) is 52.8 Å². The van der Waals surface area contributed by atoms with Crippen molar-refractivity contribution in [3.05, 3.63) is 94.7 Å². The Labute approximate surface area is 197 Å². The van der Waals surface area contributed by atoms with Gasteiger partial charge in [-0.25, -0.2) is 13.3 Å². The monoisotopic (exact) mass is 483 g/mol. The maximum Gasteiger partial charge on any atom is 0.231 e. The molecule has 0 amide bonds. The Morgan fingerprint density at radius 1 is 1.12 bits per heavy atom. The number of aromatic nitrogens is 2. The van der Waals surface area contributed by atoms with E-state index < -0.39 is 22.9 Å². The number of halogens is 2. The number of carbonyl (C=O) groups is 1. The van der Waals surface area contributed by atoms with E-state index in [-0.39, 0.29) is 17.1 Å². The van der Waals surface area contributed by atoms with Crippen LogP contribution in [0.1, 0.15) is 27.9 Å². The average Bonchev–Trinajstić information content (AvgIpc) is 2.83. The lowest BCUT2D eigenvalue weighted by Crippen LogP contribution is -2.18. The zero-order valence-corrected chi connectivity index (χ0v) is 18.9. The molecule has 33 heavy (non-hydrogen) atoms. The van der Waals surface area contributed by atoms with Crippen LogP contribution in [0.3, 0.4) is 0 Å². The second-order valence-electron chi connectivity index (χ2n) is 7.38. The maximum atomic E-state index is 14.3. The summed E-state index contributed by atoms with van der Waals surface area (Å²) in [5.74, 6) is -0.971. The van der Waals surface area contributed by atoms with E-state index >= 15 is 0 Å². The van der Waals surface area contributed by atoms with Gasteiger partial charge in [-0.2, -0.15) is 0 Å². The number of rotatable bonds is 8. The largest absolute Gasteiger partial charge is 0.294 e. The van der Waals surface area contributed by atoms with Gasteiger partial charge in [0.15, 0.2) is 5.78 Å². The van der Waals surface area contributed by atoms with Crippen molar-refractivity contribution in [1.82, 2.24) is 14.7 Å². The van der Waals surface area contributed by atoms with Crippen LogP contribution >= 0.6 is 11.6 Å². The van der Waals surface area contributed by atoms with Gasteiger partial charge in [0.05, 0.1) is 10.5 Å². The van der Waals surface area contributed by atoms with Gasteiger partial charge >= 0.3 is 0 Å². The van der Waals surface area contributed by atoms with Crippen LogP contribution < -0.4 is 4.72 Å². The molecule has 0 spiro atoms. The van der Waals surface area contributed by atoms with Gasteiger partial charge in [0.1, 0.15) is 5.82 Å². The van der Waals surface area contributed by atoms with Crippen LogP contribution in [0.15, 0.2) is 67.1 Å². The molecule has 2 aromatic carbocycles. The van der Waals surface area contributed by atoms with Crippen molar-refractivity contribution in [1.29, 1.82) is 0 Å². The van der Waals surface area contributed by atoms with E-state index in [4.69, 9.17) is 16.2 Å². The van der Waals surface area contributed by atoms with Crippen molar-refractivity contribution in [3.63, 3.8) is 0 Å². The van der Waals surface area contributed by atoms with Crippen molar-refractivity contribution in [3.8, 4) is 11.1 Å². The van der Waals surface area contributed by atoms with Crippen molar-refractivity contribution in [2.24, 2.45) is 0 Å². The normalized spacial score (nSPS) is 12.1. The highest BCUT2D eigenvalue weighted by Crippen LogP contribution is 2.28. The van der Waals surface area contributed by atoms with Crippen LogP contribution in [0.25, 0.3) is 22.0 Å². The van der Waals surface area contributed by atoms with Crippen LogP contribution in [0.4, 0.5) is 4.39 Å². The van der Waals surface area contributed by atoms with Gasteiger partial charge in [0.2, 0.25) is 11.3 Å². The molecular formula is C24H19ClFN3O3S. The highest BCUT2D eigenvalue weighted by atomic mass is 35.5. The quantitative estimate of drug-likeness (QED) is 0.209. The highest BCUT2D eigenvalue weighted by Gasteiger charge is 2.18. The Hall–Kier alpha value is -3.04. The van der Waals surface area contributed by atoms with E-state index in [0.29, 0.717) is 24.0 Å². The van der Waals surface area contributed by atoms with Gasteiger partial charge in [-0.15, -0.1) is 0 Å². The van der Waals surface area contributed by atoms with Crippen LogP contribution in [0.2, 0.25) is 5.02 Å². The molecule has 4 aromatic rings. The molecule has 0 fully saturated rings. The van der Waals surface area contributed by atoms with E-state index in [2.05, 4.69) is 14.7 Å². The number of fused-ring (bicyclic) bond motifs is 1. The molecular weight excluding hydrogens is 465 g/mol. The predicted molar refractivity (Wildman–Crippen MR) is 127 cm³/mol. The van der Waals surface area contributed by atoms with Crippen molar-refractivity contribution >= 4 is 39.6 Å². The van der Waals surface area contributed by atoms with Gasteiger partial charge in [-0.05, 0) is 60.9 Å². The first kappa shape index (κ1) is 23.1. The summed E-state index contributed by atoms with van der Waals surface area (Å²) < 4.78 is 36.1. The molecule has 2 aromatic heterocycles. The summed E-state index contributed by atoms with van der Waals surface area (Å²) in [5, 5.41) is 0.937. The second-order valence-corrected chi connectivity index (χ2v) is 8.54.